The molecule has 0 aromatic carbocycles. The average molecular weight is 905 g/mol. The lowest BCUT2D eigenvalue weighted by Crippen LogP contribution is -2.53. The molecule has 354 valence electrons. The maximum absolute atomic E-state index is 14.0. The molecule has 0 saturated heterocycles. The molecule has 0 aliphatic rings. The number of rotatable bonds is 12. The van der Waals surface area contributed by atoms with E-state index in [0.29, 0.717) is 61.4 Å². The van der Waals surface area contributed by atoms with E-state index in [1.807, 2.05) is 0 Å². The summed E-state index contributed by atoms with van der Waals surface area (Å²) >= 11 is 1.32. The van der Waals surface area contributed by atoms with Crippen LogP contribution in [0.5, 0.6) is 0 Å². The first-order valence-corrected chi connectivity index (χ1v) is 22.0. The predicted molar refractivity (Wildman–Crippen MR) is 244 cm³/mol. The van der Waals surface area contributed by atoms with Crippen molar-refractivity contribution in [3.8, 4) is 11.8 Å². The number of nitrogens with one attached hydrogen (secondary N) is 3. The number of guanidine groups is 2. The van der Waals surface area contributed by atoms with E-state index in [4.69, 9.17) is 29.1 Å². The Morgan fingerprint density at radius 2 is 1.11 bits per heavy atom. The lowest BCUT2D eigenvalue weighted by Gasteiger charge is -2.34. The van der Waals surface area contributed by atoms with Crippen molar-refractivity contribution in [1.29, 1.82) is 5.41 Å². The number of ether oxygens (including phenoxy) is 5. The molecule has 63 heavy (non-hydrogen) atoms. The van der Waals surface area contributed by atoms with Crippen molar-refractivity contribution < 1.29 is 47.7 Å². The Kier molecular flexibility index (Phi) is 21.7. The highest BCUT2D eigenvalue weighted by Gasteiger charge is 2.35. The third-order valence-electron chi connectivity index (χ3n) is 7.11. The molecule has 0 bridgehead atoms. The molecule has 0 fully saturated rings. The summed E-state index contributed by atoms with van der Waals surface area (Å²) in [6, 6.07) is 0. The van der Waals surface area contributed by atoms with Crippen molar-refractivity contribution in [3.05, 3.63) is 16.1 Å². The van der Waals surface area contributed by atoms with E-state index in [1.165, 1.54) is 11.3 Å². The van der Waals surface area contributed by atoms with Crippen LogP contribution in [-0.4, -0.2) is 111 Å². The van der Waals surface area contributed by atoms with Crippen LogP contribution in [0.15, 0.2) is 15.4 Å². The zero-order valence-electron chi connectivity index (χ0n) is 40.4. The molecular formula is C44H72N8O10S. The summed E-state index contributed by atoms with van der Waals surface area (Å²) in [6.45, 7) is 27.4. The Morgan fingerprint density at radius 3 is 1.56 bits per heavy atom. The maximum atomic E-state index is 14.0. The SMILES string of the molecule is CC(=N)c1csc(C#CCCCN(C(=O)OC(C)(C)C)C(=NC(=O)OC(C)(C)C)N(CCCCCCCN=C(NC(=O)OC(C)(C)C)NC(=O)OC(C)(C)C)C(=O)OC(C)(C)C)n1. The molecule has 5 amide bonds. The second-order valence-corrected chi connectivity index (χ2v) is 20.3. The minimum absolute atomic E-state index is 0.0103. The highest BCUT2D eigenvalue weighted by Crippen LogP contribution is 2.19. The number of carbonyl (C=O) groups excluding carboxylic acids is 5. The lowest BCUT2D eigenvalue weighted by atomic mass is 10.1. The number of amides is 5. The van der Waals surface area contributed by atoms with Crippen LogP contribution in [0.25, 0.3) is 0 Å². The van der Waals surface area contributed by atoms with E-state index in [9.17, 15) is 24.0 Å². The molecule has 3 N–H and O–H groups in total. The van der Waals surface area contributed by atoms with Crippen LogP contribution in [0.4, 0.5) is 24.0 Å². The molecule has 0 radical (unpaired) electrons. The van der Waals surface area contributed by atoms with Crippen LogP contribution in [0.1, 0.15) is 166 Å². The Labute approximate surface area is 378 Å². The molecule has 0 unspecified atom stereocenters. The summed E-state index contributed by atoms with van der Waals surface area (Å²) in [5.74, 6) is 5.61. The Hall–Kier alpha value is -5.25. The van der Waals surface area contributed by atoms with Crippen LogP contribution in [-0.2, 0) is 23.7 Å². The first-order valence-electron chi connectivity index (χ1n) is 21.1. The summed E-state index contributed by atoms with van der Waals surface area (Å²) in [5.41, 5.74) is -3.50. The molecule has 0 atom stereocenters. The van der Waals surface area contributed by atoms with Gasteiger partial charge in [-0.2, -0.15) is 0 Å². The molecule has 1 aromatic heterocycles. The fourth-order valence-electron chi connectivity index (χ4n) is 4.79. The van der Waals surface area contributed by atoms with Gasteiger partial charge in [0.05, 0.1) is 11.4 Å². The first-order chi connectivity index (χ1) is 28.7. The lowest BCUT2D eigenvalue weighted by molar-refractivity contribution is 0.0271. The average Bonchev–Trinajstić information content (AvgIpc) is 3.54. The molecule has 1 aromatic rings. The van der Waals surface area contributed by atoms with E-state index < -0.39 is 58.5 Å². The van der Waals surface area contributed by atoms with Gasteiger partial charge in [-0.25, -0.2) is 38.8 Å². The summed E-state index contributed by atoms with van der Waals surface area (Å²) in [4.78, 5) is 81.4. The molecule has 18 nitrogen and oxygen atoms in total. The maximum Gasteiger partial charge on any atom is 0.437 e. The van der Waals surface area contributed by atoms with E-state index in [2.05, 4.69) is 37.4 Å². The highest BCUT2D eigenvalue weighted by atomic mass is 32.1. The number of thiazole rings is 1. The van der Waals surface area contributed by atoms with E-state index in [-0.39, 0.29) is 31.6 Å². The number of aromatic nitrogens is 1. The Balaban J connectivity index is 3.37. The standard InChI is InChI=1S/C44H72N8O10S/c1-30(45)31-29-63-32(47-31)25-21-20-24-28-52(39(57)62-44(14,15)16)34(50-37(55)60-42(8,9)10)51(38(56)61-43(11,12)13)27-23-19-17-18-22-26-46-33(48-35(53)58-40(2,3)4)49-36(54)59-41(5,6)7/h29,45H,17-20,22-24,26-28H2,1-16H3,(H2,46,48,49,53,54). The first kappa shape index (κ1) is 55.8. The quantitative estimate of drug-likeness (QED) is 0.0588. The van der Waals surface area contributed by atoms with Crippen molar-refractivity contribution in [2.24, 2.45) is 9.98 Å². The fourth-order valence-corrected chi connectivity index (χ4v) is 5.53. The smallest absolute Gasteiger partial charge is 0.437 e. The van der Waals surface area contributed by atoms with Gasteiger partial charge in [0.1, 0.15) is 28.0 Å². The van der Waals surface area contributed by atoms with Crippen molar-refractivity contribution >= 4 is 59.4 Å². The van der Waals surface area contributed by atoms with E-state index in [1.54, 1.807) is 116 Å². The minimum atomic E-state index is -1.03. The molecule has 0 aliphatic carbocycles. The number of carbonyl (C=O) groups is 5. The van der Waals surface area contributed by atoms with Crippen molar-refractivity contribution in [3.63, 3.8) is 0 Å². The van der Waals surface area contributed by atoms with Crippen LogP contribution in [0, 0.1) is 17.3 Å². The van der Waals surface area contributed by atoms with Crippen LogP contribution < -0.4 is 10.6 Å². The summed E-state index contributed by atoms with van der Waals surface area (Å²) in [7, 11) is 0. The molecule has 19 heteroatoms. The van der Waals surface area contributed by atoms with Gasteiger partial charge in [-0.05, 0) is 136 Å². The number of hydrogen-bond acceptors (Lipinski definition) is 14. The van der Waals surface area contributed by atoms with Gasteiger partial charge in [-0.15, -0.1) is 16.3 Å². The topological polar surface area (TPSA) is 223 Å². The van der Waals surface area contributed by atoms with Gasteiger partial charge in [-0.1, -0.05) is 25.2 Å². The number of unbranched alkanes of at least 4 members (excludes halogenated alkanes) is 5. The highest BCUT2D eigenvalue weighted by molar-refractivity contribution is 7.10. The van der Waals surface area contributed by atoms with Gasteiger partial charge in [0.25, 0.3) is 0 Å². The minimum Gasteiger partial charge on any atom is -0.444 e. The number of nitrogens with zero attached hydrogens (tertiary/aromatic N) is 5. The van der Waals surface area contributed by atoms with Crippen molar-refractivity contribution in [2.45, 2.75) is 184 Å². The monoisotopic (exact) mass is 905 g/mol. The van der Waals surface area contributed by atoms with Crippen molar-refractivity contribution in [1.82, 2.24) is 25.4 Å². The van der Waals surface area contributed by atoms with E-state index in [0.717, 1.165) is 9.80 Å². The third-order valence-corrected chi connectivity index (χ3v) is 7.87. The number of alkyl carbamates (subject to hydrolysis) is 2. The zero-order valence-corrected chi connectivity index (χ0v) is 41.2. The van der Waals surface area contributed by atoms with Crippen LogP contribution in [0.2, 0.25) is 0 Å². The molecule has 1 heterocycles. The van der Waals surface area contributed by atoms with Gasteiger partial charge in [0.15, 0.2) is 5.01 Å². The molecular weight excluding hydrogens is 833 g/mol. The molecule has 0 spiro atoms. The van der Waals surface area contributed by atoms with Crippen LogP contribution >= 0.6 is 11.3 Å². The predicted octanol–water partition coefficient (Wildman–Crippen LogP) is 9.78. The second-order valence-electron chi connectivity index (χ2n) is 19.5. The largest absolute Gasteiger partial charge is 0.444 e. The summed E-state index contributed by atoms with van der Waals surface area (Å²) in [5, 5.41) is 15.0. The third kappa shape index (κ3) is 26.7. The molecule has 1 rings (SSSR count). The number of aliphatic imine (C=N–C) groups is 2. The van der Waals surface area contributed by atoms with Gasteiger partial charge in [-0.3, -0.25) is 15.6 Å². The Morgan fingerprint density at radius 1 is 0.667 bits per heavy atom. The Bertz CT molecular complexity index is 1810. The van der Waals surface area contributed by atoms with Crippen LogP contribution in [0.3, 0.4) is 0 Å². The van der Waals surface area contributed by atoms with Gasteiger partial charge in [0.2, 0.25) is 11.9 Å². The summed E-state index contributed by atoms with van der Waals surface area (Å²) in [6.07, 6.45) is -0.690. The number of hydrogen-bond donors (Lipinski definition) is 3. The van der Waals surface area contributed by atoms with Gasteiger partial charge >= 0.3 is 30.5 Å². The molecule has 0 aliphatic heterocycles. The van der Waals surface area contributed by atoms with E-state index >= 15 is 0 Å². The summed E-state index contributed by atoms with van der Waals surface area (Å²) < 4.78 is 27.7. The molecule has 0 saturated carbocycles. The zero-order chi connectivity index (χ0) is 48.4. The second kappa shape index (κ2) is 24.6. The van der Waals surface area contributed by atoms with Gasteiger partial charge < -0.3 is 29.1 Å². The fraction of sp³-hybridized carbons (Fsp3) is 0.705. The van der Waals surface area contributed by atoms with Gasteiger partial charge in [0, 0.05) is 31.4 Å². The van der Waals surface area contributed by atoms with Crippen molar-refractivity contribution in [2.75, 3.05) is 19.6 Å². The normalized spacial score (nSPS) is 12.2.